The monoisotopic (exact) mass is 353 g/mol. The number of rotatable bonds is 5. The molecule has 1 aromatic carbocycles. The van der Waals surface area contributed by atoms with Gasteiger partial charge in [-0.25, -0.2) is 4.79 Å². The maximum absolute atomic E-state index is 12.1. The molecule has 0 aliphatic carbocycles. The number of hydrogen-bond acceptors (Lipinski definition) is 5. The molecule has 4 N–H and O–H groups in total. The third kappa shape index (κ3) is 3.44. The van der Waals surface area contributed by atoms with E-state index in [1.807, 2.05) is 0 Å². The first-order valence-corrected chi connectivity index (χ1v) is 6.75. The van der Waals surface area contributed by atoms with E-state index in [9.17, 15) is 9.59 Å². The minimum absolute atomic E-state index is 0.0212. The van der Waals surface area contributed by atoms with Gasteiger partial charge in [-0.15, -0.1) is 5.10 Å². The average molecular weight is 354 g/mol. The number of para-hydroxylation sites is 1. The molecule has 0 fully saturated rings. The zero-order valence-electron chi connectivity index (χ0n) is 10.8. The Kier molecular flexibility index (Phi) is 4.66. The van der Waals surface area contributed by atoms with Crippen molar-refractivity contribution in [3.05, 3.63) is 40.1 Å². The third-order valence-corrected chi connectivity index (χ3v) is 3.27. The average Bonchev–Trinajstić information content (AvgIpc) is 2.90. The van der Waals surface area contributed by atoms with Crippen molar-refractivity contribution in [1.29, 1.82) is 0 Å². The molecule has 2 aromatic rings. The van der Waals surface area contributed by atoms with Crippen molar-refractivity contribution in [2.24, 2.45) is 5.73 Å². The summed E-state index contributed by atoms with van der Waals surface area (Å²) >= 11 is 3.21. The van der Waals surface area contributed by atoms with Gasteiger partial charge >= 0.3 is 5.97 Å². The minimum Gasteiger partial charge on any atom is -0.478 e. The number of aromatic nitrogens is 3. The van der Waals surface area contributed by atoms with Crippen LogP contribution >= 0.6 is 15.9 Å². The van der Waals surface area contributed by atoms with Crippen LogP contribution in [-0.4, -0.2) is 38.5 Å². The Balaban J connectivity index is 2.25. The highest BCUT2D eigenvalue weighted by Crippen LogP contribution is 2.26. The van der Waals surface area contributed by atoms with Crippen molar-refractivity contribution in [1.82, 2.24) is 15.0 Å². The van der Waals surface area contributed by atoms with Gasteiger partial charge in [-0.2, -0.15) is 0 Å². The van der Waals surface area contributed by atoms with Crippen LogP contribution in [0.5, 0.6) is 0 Å². The molecule has 0 atom stereocenters. The van der Waals surface area contributed by atoms with Crippen molar-refractivity contribution < 1.29 is 14.7 Å². The highest BCUT2D eigenvalue weighted by molar-refractivity contribution is 9.10. The molecule has 0 aliphatic heterocycles. The number of carboxylic acid groups (broad SMARTS) is 1. The molecule has 1 aromatic heterocycles. The summed E-state index contributed by atoms with van der Waals surface area (Å²) in [4.78, 5) is 23.2. The predicted molar refractivity (Wildman–Crippen MR) is 78.1 cm³/mol. The fourth-order valence-corrected chi connectivity index (χ4v) is 2.12. The molecular formula is C12H12BrN5O3. The van der Waals surface area contributed by atoms with Crippen molar-refractivity contribution >= 4 is 33.5 Å². The molecule has 0 bridgehead atoms. The van der Waals surface area contributed by atoms with Gasteiger partial charge in [0.15, 0.2) is 5.69 Å². The number of benzene rings is 1. The Bertz CT molecular complexity index is 685. The topological polar surface area (TPSA) is 123 Å². The van der Waals surface area contributed by atoms with E-state index in [-0.39, 0.29) is 16.9 Å². The molecule has 0 radical (unpaired) electrons. The molecule has 110 valence electrons. The molecule has 1 amide bonds. The lowest BCUT2D eigenvalue weighted by atomic mass is 10.2. The molecule has 9 heteroatoms. The van der Waals surface area contributed by atoms with E-state index in [0.29, 0.717) is 17.6 Å². The number of nitrogens with zero attached hydrogens (tertiary/aromatic N) is 3. The van der Waals surface area contributed by atoms with E-state index in [0.717, 1.165) is 0 Å². The minimum atomic E-state index is -1.14. The zero-order chi connectivity index (χ0) is 15.4. The van der Waals surface area contributed by atoms with Crippen LogP contribution in [0.3, 0.4) is 0 Å². The zero-order valence-corrected chi connectivity index (χ0v) is 12.4. The Labute approximate surface area is 128 Å². The smallest absolute Gasteiger partial charge is 0.337 e. The van der Waals surface area contributed by atoms with Crippen LogP contribution in [0, 0.1) is 0 Å². The Hall–Kier alpha value is -2.26. The van der Waals surface area contributed by atoms with Gasteiger partial charge in [0.05, 0.1) is 24.0 Å². The van der Waals surface area contributed by atoms with Gasteiger partial charge in [-0.05, 0) is 28.1 Å². The van der Waals surface area contributed by atoms with Gasteiger partial charge in [-0.3, -0.25) is 9.48 Å². The molecule has 21 heavy (non-hydrogen) atoms. The Morgan fingerprint density at radius 2 is 2.19 bits per heavy atom. The molecule has 0 saturated heterocycles. The van der Waals surface area contributed by atoms with E-state index < -0.39 is 11.9 Å². The van der Waals surface area contributed by atoms with Gasteiger partial charge in [0.25, 0.3) is 5.91 Å². The van der Waals surface area contributed by atoms with E-state index in [1.165, 1.54) is 16.9 Å². The summed E-state index contributed by atoms with van der Waals surface area (Å²) in [5.74, 6) is -1.69. The lowest BCUT2D eigenvalue weighted by Gasteiger charge is -2.09. The SMILES string of the molecule is NCCn1cc(C(=O)Nc2c(Br)cccc2C(=O)O)nn1. The lowest BCUT2D eigenvalue weighted by molar-refractivity contribution is 0.0698. The predicted octanol–water partition coefficient (Wildman–Crippen LogP) is 0.950. The number of anilines is 1. The largest absolute Gasteiger partial charge is 0.478 e. The Morgan fingerprint density at radius 3 is 2.86 bits per heavy atom. The van der Waals surface area contributed by atoms with Gasteiger partial charge in [0.1, 0.15) is 0 Å². The summed E-state index contributed by atoms with van der Waals surface area (Å²) in [7, 11) is 0. The first-order valence-electron chi connectivity index (χ1n) is 5.96. The molecule has 0 spiro atoms. The van der Waals surface area contributed by atoms with Gasteiger partial charge in [0.2, 0.25) is 0 Å². The van der Waals surface area contributed by atoms with Crippen LogP contribution < -0.4 is 11.1 Å². The molecular weight excluding hydrogens is 342 g/mol. The highest BCUT2D eigenvalue weighted by atomic mass is 79.9. The Morgan fingerprint density at radius 1 is 1.43 bits per heavy atom. The fraction of sp³-hybridized carbons (Fsp3) is 0.167. The van der Waals surface area contributed by atoms with Crippen LogP contribution in [0.4, 0.5) is 5.69 Å². The van der Waals surface area contributed by atoms with Crippen molar-refractivity contribution in [3.8, 4) is 0 Å². The fourth-order valence-electron chi connectivity index (χ4n) is 1.65. The molecule has 0 aliphatic rings. The molecule has 8 nitrogen and oxygen atoms in total. The lowest BCUT2D eigenvalue weighted by Crippen LogP contribution is -2.16. The molecule has 0 saturated carbocycles. The van der Waals surface area contributed by atoms with Gasteiger partial charge in [0, 0.05) is 11.0 Å². The summed E-state index contributed by atoms with van der Waals surface area (Å²) in [6.07, 6.45) is 1.44. The first-order chi connectivity index (χ1) is 10.0. The summed E-state index contributed by atoms with van der Waals surface area (Å²) in [5, 5.41) is 19.1. The van der Waals surface area contributed by atoms with Crippen LogP contribution in [0.15, 0.2) is 28.9 Å². The highest BCUT2D eigenvalue weighted by Gasteiger charge is 2.18. The van der Waals surface area contributed by atoms with Gasteiger partial charge < -0.3 is 16.2 Å². The second kappa shape index (κ2) is 6.46. The quantitative estimate of drug-likeness (QED) is 0.735. The van der Waals surface area contributed by atoms with E-state index in [1.54, 1.807) is 12.1 Å². The van der Waals surface area contributed by atoms with Crippen LogP contribution in [0.2, 0.25) is 0 Å². The van der Waals surface area contributed by atoms with Gasteiger partial charge in [-0.1, -0.05) is 11.3 Å². The van der Waals surface area contributed by atoms with E-state index >= 15 is 0 Å². The van der Waals surface area contributed by atoms with E-state index in [2.05, 4.69) is 31.6 Å². The summed E-state index contributed by atoms with van der Waals surface area (Å²) in [6, 6.07) is 4.60. The van der Waals surface area contributed by atoms with Crippen molar-refractivity contribution in [3.63, 3.8) is 0 Å². The van der Waals surface area contributed by atoms with Crippen LogP contribution in [0.1, 0.15) is 20.8 Å². The maximum atomic E-state index is 12.1. The first kappa shape index (κ1) is 15.1. The maximum Gasteiger partial charge on any atom is 0.337 e. The summed E-state index contributed by atoms with van der Waals surface area (Å²) in [6.45, 7) is 0.813. The number of hydrogen-bond donors (Lipinski definition) is 3. The van der Waals surface area contributed by atoms with Crippen molar-refractivity contribution in [2.45, 2.75) is 6.54 Å². The number of nitrogens with two attached hydrogens (primary N) is 1. The second-order valence-corrected chi connectivity index (χ2v) is 4.93. The second-order valence-electron chi connectivity index (χ2n) is 4.08. The van der Waals surface area contributed by atoms with E-state index in [4.69, 9.17) is 10.8 Å². The number of nitrogens with one attached hydrogen (secondary N) is 1. The summed E-state index contributed by atoms with van der Waals surface area (Å²) < 4.78 is 1.90. The molecule has 2 rings (SSSR count). The number of carbonyl (C=O) groups is 2. The van der Waals surface area contributed by atoms with Crippen LogP contribution in [-0.2, 0) is 6.54 Å². The number of carboxylic acids is 1. The number of aromatic carboxylic acids is 1. The van der Waals surface area contributed by atoms with Crippen LogP contribution in [0.25, 0.3) is 0 Å². The molecule has 1 heterocycles. The third-order valence-electron chi connectivity index (χ3n) is 2.61. The molecule has 0 unspecified atom stereocenters. The number of halogens is 1. The number of amides is 1. The standard InChI is InChI=1S/C12H12BrN5O3/c13-8-3-1-2-7(12(20)21)10(8)15-11(19)9-6-18(5-4-14)17-16-9/h1-3,6H,4-5,14H2,(H,15,19)(H,20,21). The van der Waals surface area contributed by atoms with Crippen molar-refractivity contribution in [2.75, 3.05) is 11.9 Å². The number of carbonyl (C=O) groups excluding carboxylic acids is 1. The summed E-state index contributed by atoms with van der Waals surface area (Å²) in [5.41, 5.74) is 5.61. The normalized spacial score (nSPS) is 10.4.